The van der Waals surface area contributed by atoms with Crippen LogP contribution in [0.25, 0.3) is 0 Å². The van der Waals surface area contributed by atoms with Crippen LogP contribution in [-0.4, -0.2) is 9.55 Å². The lowest BCUT2D eigenvalue weighted by Gasteiger charge is -2.24. The Kier molecular flexibility index (Phi) is 2.71. The molecule has 0 radical (unpaired) electrons. The monoisotopic (exact) mass is 250 g/mol. The smallest absolute Gasteiger partial charge is 0.150 e. The molecule has 90 valence electrons. The van der Waals surface area contributed by atoms with Crippen molar-refractivity contribution in [2.24, 2.45) is 0 Å². The number of rotatable bonds is 2. The van der Waals surface area contributed by atoms with Gasteiger partial charge in [0.1, 0.15) is 11.6 Å². The Bertz CT molecular complexity index is 516. The maximum absolute atomic E-state index is 6.21. The van der Waals surface area contributed by atoms with E-state index in [1.807, 2.05) is 12.1 Å². The van der Waals surface area contributed by atoms with Crippen LogP contribution in [-0.2, 0) is 12.8 Å². The first kappa shape index (κ1) is 10.9. The molecule has 1 aliphatic rings. The zero-order chi connectivity index (χ0) is 11.8. The molecule has 3 nitrogen and oxygen atoms in total. The van der Waals surface area contributed by atoms with E-state index in [1.54, 1.807) is 6.26 Å². The van der Waals surface area contributed by atoms with Crippen LogP contribution in [0.5, 0.6) is 0 Å². The molecule has 17 heavy (non-hydrogen) atoms. The standard InChI is InChI=1S/C13H15ClN2O/c1-9-4-2-6-11-13(14)15-12(16(9)11)8-10-5-3-7-17-10/h3,5,7,9H,2,4,6,8H2,1H3. The number of halogens is 1. The fourth-order valence-electron chi connectivity index (χ4n) is 2.62. The Morgan fingerprint density at radius 1 is 1.59 bits per heavy atom. The number of imidazole rings is 1. The van der Waals surface area contributed by atoms with E-state index in [9.17, 15) is 0 Å². The van der Waals surface area contributed by atoms with Crippen molar-refractivity contribution in [3.8, 4) is 0 Å². The summed E-state index contributed by atoms with van der Waals surface area (Å²) < 4.78 is 7.66. The molecule has 0 amide bonds. The second-order valence-electron chi connectivity index (χ2n) is 4.63. The maximum Gasteiger partial charge on any atom is 0.150 e. The van der Waals surface area contributed by atoms with E-state index in [2.05, 4.69) is 16.5 Å². The first-order valence-corrected chi connectivity index (χ1v) is 6.41. The first-order valence-electron chi connectivity index (χ1n) is 6.03. The van der Waals surface area contributed by atoms with Gasteiger partial charge >= 0.3 is 0 Å². The Morgan fingerprint density at radius 2 is 2.47 bits per heavy atom. The van der Waals surface area contributed by atoms with Crippen molar-refractivity contribution in [3.63, 3.8) is 0 Å². The molecule has 3 heterocycles. The fraction of sp³-hybridized carbons (Fsp3) is 0.462. The molecule has 0 bridgehead atoms. The minimum absolute atomic E-state index is 0.490. The molecule has 1 unspecified atom stereocenters. The SMILES string of the molecule is CC1CCCc2c(Cl)nc(Cc3ccco3)n21. The lowest BCUT2D eigenvalue weighted by molar-refractivity contribution is 0.415. The van der Waals surface area contributed by atoms with Crippen molar-refractivity contribution < 1.29 is 4.42 Å². The maximum atomic E-state index is 6.21. The van der Waals surface area contributed by atoms with Gasteiger partial charge in [-0.1, -0.05) is 11.6 Å². The molecule has 0 saturated carbocycles. The molecule has 1 atom stereocenters. The lowest BCUT2D eigenvalue weighted by Crippen LogP contribution is -2.17. The van der Waals surface area contributed by atoms with Gasteiger partial charge in [0, 0.05) is 6.04 Å². The average Bonchev–Trinajstić information content (AvgIpc) is 2.90. The summed E-state index contributed by atoms with van der Waals surface area (Å²) in [7, 11) is 0. The second-order valence-corrected chi connectivity index (χ2v) is 4.99. The van der Waals surface area contributed by atoms with Crippen molar-refractivity contribution >= 4 is 11.6 Å². The van der Waals surface area contributed by atoms with Crippen LogP contribution in [0.1, 0.15) is 43.1 Å². The highest BCUT2D eigenvalue weighted by atomic mass is 35.5. The molecule has 3 rings (SSSR count). The summed E-state index contributed by atoms with van der Waals surface area (Å²) in [5.41, 5.74) is 1.19. The van der Waals surface area contributed by atoms with E-state index >= 15 is 0 Å². The van der Waals surface area contributed by atoms with Crippen LogP contribution in [0.2, 0.25) is 5.15 Å². The minimum Gasteiger partial charge on any atom is -0.469 e. The number of hydrogen-bond acceptors (Lipinski definition) is 2. The highest BCUT2D eigenvalue weighted by Gasteiger charge is 2.23. The Hall–Kier alpha value is -1.22. The lowest BCUT2D eigenvalue weighted by atomic mass is 10.0. The second kappa shape index (κ2) is 4.22. The summed E-state index contributed by atoms with van der Waals surface area (Å²) in [4.78, 5) is 4.49. The zero-order valence-electron chi connectivity index (χ0n) is 9.82. The molecular weight excluding hydrogens is 236 g/mol. The Balaban J connectivity index is 2.00. The van der Waals surface area contributed by atoms with Crippen molar-refractivity contribution in [3.05, 3.63) is 40.8 Å². The molecule has 1 aliphatic heterocycles. The Morgan fingerprint density at radius 3 is 3.24 bits per heavy atom. The first-order chi connectivity index (χ1) is 8.25. The molecule has 0 N–H and O–H groups in total. The van der Waals surface area contributed by atoms with E-state index in [-0.39, 0.29) is 0 Å². The summed E-state index contributed by atoms with van der Waals surface area (Å²) in [6.45, 7) is 2.23. The van der Waals surface area contributed by atoms with Crippen LogP contribution in [0.4, 0.5) is 0 Å². The molecule has 4 heteroatoms. The number of nitrogens with zero attached hydrogens (tertiary/aromatic N) is 2. The highest BCUT2D eigenvalue weighted by molar-refractivity contribution is 6.30. The predicted molar refractivity (Wildman–Crippen MR) is 66.4 cm³/mol. The number of furan rings is 1. The fourth-order valence-corrected chi connectivity index (χ4v) is 2.90. The summed E-state index contributed by atoms with van der Waals surface area (Å²) in [5.74, 6) is 1.96. The van der Waals surface area contributed by atoms with Gasteiger partial charge in [0.15, 0.2) is 5.15 Å². The van der Waals surface area contributed by atoms with E-state index in [4.69, 9.17) is 16.0 Å². The summed E-state index contributed by atoms with van der Waals surface area (Å²) >= 11 is 6.21. The van der Waals surface area contributed by atoms with Crippen LogP contribution < -0.4 is 0 Å². The predicted octanol–water partition coefficient (Wildman–Crippen LogP) is 3.62. The quantitative estimate of drug-likeness (QED) is 0.815. The molecular formula is C13H15ClN2O. The van der Waals surface area contributed by atoms with E-state index < -0.39 is 0 Å². The van der Waals surface area contributed by atoms with Gasteiger partial charge in [-0.05, 0) is 38.3 Å². The normalized spacial score (nSPS) is 19.3. The number of aromatic nitrogens is 2. The minimum atomic E-state index is 0.490. The van der Waals surface area contributed by atoms with Gasteiger partial charge in [0.2, 0.25) is 0 Å². The van der Waals surface area contributed by atoms with Gasteiger partial charge in [0.25, 0.3) is 0 Å². The van der Waals surface area contributed by atoms with Crippen LogP contribution in [0.15, 0.2) is 22.8 Å². The number of hydrogen-bond donors (Lipinski definition) is 0. The van der Waals surface area contributed by atoms with Crippen molar-refractivity contribution in [2.45, 2.75) is 38.6 Å². The molecule has 0 aromatic carbocycles. The third-order valence-electron chi connectivity index (χ3n) is 3.42. The molecule has 2 aromatic rings. The third-order valence-corrected chi connectivity index (χ3v) is 3.73. The largest absolute Gasteiger partial charge is 0.469 e. The van der Waals surface area contributed by atoms with E-state index in [0.717, 1.165) is 24.4 Å². The van der Waals surface area contributed by atoms with Gasteiger partial charge in [0.05, 0.1) is 18.4 Å². The molecule has 0 fully saturated rings. The van der Waals surface area contributed by atoms with Gasteiger partial charge in [-0.3, -0.25) is 0 Å². The zero-order valence-corrected chi connectivity index (χ0v) is 10.6. The number of fused-ring (bicyclic) bond motifs is 1. The summed E-state index contributed by atoms with van der Waals surface area (Å²) in [5, 5.41) is 0.665. The van der Waals surface area contributed by atoms with Gasteiger partial charge in [-0.25, -0.2) is 4.98 Å². The van der Waals surface area contributed by atoms with Crippen LogP contribution in [0.3, 0.4) is 0 Å². The van der Waals surface area contributed by atoms with Crippen LogP contribution >= 0.6 is 11.6 Å². The van der Waals surface area contributed by atoms with Crippen molar-refractivity contribution in [1.82, 2.24) is 9.55 Å². The average molecular weight is 251 g/mol. The van der Waals surface area contributed by atoms with Gasteiger partial charge in [-0.15, -0.1) is 0 Å². The molecule has 0 spiro atoms. The van der Waals surface area contributed by atoms with Crippen molar-refractivity contribution in [2.75, 3.05) is 0 Å². The van der Waals surface area contributed by atoms with E-state index in [0.29, 0.717) is 11.2 Å². The molecule has 0 aliphatic carbocycles. The molecule has 2 aromatic heterocycles. The van der Waals surface area contributed by atoms with Crippen LogP contribution in [0, 0.1) is 0 Å². The van der Waals surface area contributed by atoms with Crippen molar-refractivity contribution in [1.29, 1.82) is 0 Å². The highest BCUT2D eigenvalue weighted by Crippen LogP contribution is 2.31. The third kappa shape index (κ3) is 1.89. The summed E-state index contributed by atoms with van der Waals surface area (Å²) in [6.07, 6.45) is 5.85. The summed E-state index contributed by atoms with van der Waals surface area (Å²) in [6, 6.07) is 4.37. The van der Waals surface area contributed by atoms with Gasteiger partial charge in [-0.2, -0.15) is 0 Å². The topological polar surface area (TPSA) is 31.0 Å². The van der Waals surface area contributed by atoms with E-state index in [1.165, 1.54) is 18.5 Å². The van der Waals surface area contributed by atoms with Gasteiger partial charge < -0.3 is 8.98 Å². The molecule has 0 saturated heterocycles. The Labute approximate surface area is 105 Å².